The van der Waals surface area contributed by atoms with Crippen LogP contribution in [0.3, 0.4) is 0 Å². The van der Waals surface area contributed by atoms with Crippen LogP contribution in [0, 0.1) is 0 Å². The summed E-state index contributed by atoms with van der Waals surface area (Å²) < 4.78 is 68.8. The van der Waals surface area contributed by atoms with E-state index in [-0.39, 0.29) is 6.42 Å². The van der Waals surface area contributed by atoms with E-state index in [4.69, 9.17) is 4.74 Å². The second-order valence-electron chi connectivity index (χ2n) is 4.59. The largest absolute Gasteiger partial charge is 0.460 e. The lowest BCUT2D eigenvalue weighted by molar-refractivity contribution is -0.296. The van der Waals surface area contributed by atoms with E-state index in [9.17, 15) is 26.7 Å². The van der Waals surface area contributed by atoms with Crippen molar-refractivity contribution < 1.29 is 36.2 Å². The summed E-state index contributed by atoms with van der Waals surface area (Å²) in [6, 6.07) is 0. The van der Waals surface area contributed by atoms with Gasteiger partial charge in [0.1, 0.15) is 12.2 Å². The molecule has 0 heterocycles. The first kappa shape index (κ1) is 17.1. The molecule has 0 aliphatic rings. The number of alkyl halides is 5. The van der Waals surface area contributed by atoms with Gasteiger partial charge in [-0.3, -0.25) is 4.79 Å². The fraction of sp³-hybridized carbons (Fsp3) is 0.900. The van der Waals surface area contributed by atoms with Crippen LogP contribution >= 0.6 is 0 Å². The summed E-state index contributed by atoms with van der Waals surface area (Å²) in [4.78, 5) is 11.1. The van der Waals surface area contributed by atoms with Crippen LogP contribution in [-0.4, -0.2) is 36.9 Å². The van der Waals surface area contributed by atoms with Crippen molar-refractivity contribution in [2.24, 2.45) is 0 Å². The van der Waals surface area contributed by atoms with E-state index in [1.807, 2.05) is 0 Å². The molecule has 0 unspecified atom stereocenters. The highest BCUT2D eigenvalue weighted by atomic mass is 19.4. The Kier molecular flexibility index (Phi) is 5.52. The summed E-state index contributed by atoms with van der Waals surface area (Å²) >= 11 is 0. The van der Waals surface area contributed by atoms with Gasteiger partial charge in [-0.1, -0.05) is 0 Å². The third kappa shape index (κ3) is 6.73. The SMILES string of the molecule is CC(C)(C)OC(=O)CCOCC(F)(F)C(F)(F)F. The fourth-order valence-corrected chi connectivity index (χ4v) is 0.830. The molecule has 0 amide bonds. The van der Waals surface area contributed by atoms with Crippen molar-refractivity contribution in [2.45, 2.75) is 44.9 Å². The van der Waals surface area contributed by atoms with Crippen LogP contribution in [0.15, 0.2) is 0 Å². The summed E-state index contributed by atoms with van der Waals surface area (Å²) in [6.07, 6.45) is -6.04. The van der Waals surface area contributed by atoms with E-state index in [1.165, 1.54) is 0 Å². The quantitative estimate of drug-likeness (QED) is 0.440. The van der Waals surface area contributed by atoms with E-state index < -0.39 is 36.9 Å². The van der Waals surface area contributed by atoms with Gasteiger partial charge in [-0.05, 0) is 20.8 Å². The molecule has 0 aromatic carbocycles. The van der Waals surface area contributed by atoms with Crippen LogP contribution in [0.1, 0.15) is 27.2 Å². The Morgan fingerprint density at radius 3 is 1.94 bits per heavy atom. The zero-order chi connectivity index (χ0) is 14.6. The van der Waals surface area contributed by atoms with Gasteiger partial charge in [-0.15, -0.1) is 0 Å². The minimum absolute atomic E-state index is 0.384. The molecule has 0 aliphatic carbocycles. The second kappa shape index (κ2) is 5.81. The van der Waals surface area contributed by atoms with Crippen LogP contribution in [-0.2, 0) is 14.3 Å². The average molecular weight is 278 g/mol. The maximum Gasteiger partial charge on any atom is 0.455 e. The van der Waals surface area contributed by atoms with Gasteiger partial charge in [0.05, 0.1) is 13.0 Å². The smallest absolute Gasteiger partial charge is 0.455 e. The molecular weight excluding hydrogens is 263 g/mol. The number of carbonyl (C=O) groups is 1. The Labute approximate surface area is 101 Å². The molecule has 18 heavy (non-hydrogen) atoms. The van der Waals surface area contributed by atoms with E-state index in [2.05, 4.69) is 4.74 Å². The van der Waals surface area contributed by atoms with Crippen LogP contribution in [0.2, 0.25) is 0 Å². The van der Waals surface area contributed by atoms with Crippen molar-refractivity contribution in [3.05, 3.63) is 0 Å². The maximum absolute atomic E-state index is 12.4. The highest BCUT2D eigenvalue weighted by molar-refractivity contribution is 5.69. The Bertz CT molecular complexity index is 280. The molecule has 0 saturated heterocycles. The molecule has 0 bridgehead atoms. The molecule has 0 aromatic heterocycles. The number of ether oxygens (including phenoxy) is 2. The molecule has 0 rings (SSSR count). The van der Waals surface area contributed by atoms with Gasteiger partial charge in [0.15, 0.2) is 0 Å². The van der Waals surface area contributed by atoms with Crippen LogP contribution in [0.25, 0.3) is 0 Å². The summed E-state index contributed by atoms with van der Waals surface area (Å²) in [5, 5.41) is 0. The van der Waals surface area contributed by atoms with Crippen molar-refractivity contribution in [3.63, 3.8) is 0 Å². The van der Waals surface area contributed by atoms with E-state index >= 15 is 0 Å². The average Bonchev–Trinajstić information content (AvgIpc) is 2.07. The van der Waals surface area contributed by atoms with Gasteiger partial charge in [-0.2, -0.15) is 22.0 Å². The number of halogens is 5. The van der Waals surface area contributed by atoms with Crippen LogP contribution in [0.4, 0.5) is 22.0 Å². The standard InChI is InChI=1S/C10H15F5O3/c1-8(2,3)18-7(16)4-5-17-6-9(11,12)10(13,14)15/h4-6H2,1-3H3. The van der Waals surface area contributed by atoms with Crippen molar-refractivity contribution in [2.75, 3.05) is 13.2 Å². The lowest BCUT2D eigenvalue weighted by atomic mass is 10.2. The molecule has 0 N–H and O–H groups in total. The Morgan fingerprint density at radius 1 is 1.06 bits per heavy atom. The predicted octanol–water partition coefficient (Wildman–Crippen LogP) is 2.93. The highest BCUT2D eigenvalue weighted by Gasteiger charge is 2.57. The molecule has 0 fully saturated rings. The molecule has 3 nitrogen and oxygen atoms in total. The first-order chi connectivity index (χ1) is 7.85. The van der Waals surface area contributed by atoms with Gasteiger partial charge < -0.3 is 9.47 Å². The third-order valence-electron chi connectivity index (χ3n) is 1.57. The normalized spacial score (nSPS) is 13.6. The molecule has 0 saturated carbocycles. The molecule has 108 valence electrons. The molecule has 0 spiro atoms. The third-order valence-corrected chi connectivity index (χ3v) is 1.57. The van der Waals surface area contributed by atoms with Crippen molar-refractivity contribution in [1.29, 1.82) is 0 Å². The van der Waals surface area contributed by atoms with Gasteiger partial charge in [0, 0.05) is 0 Å². The van der Waals surface area contributed by atoms with E-state index in [0.717, 1.165) is 0 Å². The second-order valence-corrected chi connectivity index (χ2v) is 4.59. The number of hydrogen-bond acceptors (Lipinski definition) is 3. The fourth-order valence-electron chi connectivity index (χ4n) is 0.830. The van der Waals surface area contributed by atoms with E-state index in [1.54, 1.807) is 20.8 Å². The van der Waals surface area contributed by atoms with Crippen molar-refractivity contribution in [1.82, 2.24) is 0 Å². The van der Waals surface area contributed by atoms with Crippen molar-refractivity contribution in [3.8, 4) is 0 Å². The number of hydrogen-bond donors (Lipinski definition) is 0. The topological polar surface area (TPSA) is 35.5 Å². The van der Waals surface area contributed by atoms with E-state index in [0.29, 0.717) is 0 Å². The summed E-state index contributed by atoms with van der Waals surface area (Å²) in [5.41, 5.74) is -0.743. The number of rotatable bonds is 5. The minimum Gasteiger partial charge on any atom is -0.460 e. The highest BCUT2D eigenvalue weighted by Crippen LogP contribution is 2.35. The Balaban J connectivity index is 3.92. The Hall–Kier alpha value is -0.920. The van der Waals surface area contributed by atoms with Crippen molar-refractivity contribution >= 4 is 5.97 Å². The maximum atomic E-state index is 12.4. The monoisotopic (exact) mass is 278 g/mol. The predicted molar refractivity (Wildman–Crippen MR) is 52.3 cm³/mol. The van der Waals surface area contributed by atoms with Gasteiger partial charge in [0.25, 0.3) is 0 Å². The molecule has 0 aliphatic heterocycles. The molecule has 8 heteroatoms. The summed E-state index contributed by atoms with van der Waals surface area (Å²) in [6.45, 7) is 2.44. The first-order valence-electron chi connectivity index (χ1n) is 5.09. The number of esters is 1. The molecule has 0 aromatic rings. The first-order valence-corrected chi connectivity index (χ1v) is 5.09. The van der Waals surface area contributed by atoms with Gasteiger partial charge >= 0.3 is 18.1 Å². The number of carbonyl (C=O) groups excluding carboxylic acids is 1. The van der Waals surface area contributed by atoms with Gasteiger partial charge in [0.2, 0.25) is 0 Å². The molecular formula is C10H15F5O3. The van der Waals surface area contributed by atoms with Gasteiger partial charge in [-0.25, -0.2) is 0 Å². The zero-order valence-corrected chi connectivity index (χ0v) is 10.2. The molecule has 0 atom stereocenters. The molecule has 0 radical (unpaired) electrons. The summed E-state index contributed by atoms with van der Waals surface area (Å²) in [5.74, 6) is -5.64. The lowest BCUT2D eigenvalue weighted by Gasteiger charge is -2.20. The summed E-state index contributed by atoms with van der Waals surface area (Å²) in [7, 11) is 0. The zero-order valence-electron chi connectivity index (χ0n) is 10.2. The lowest BCUT2D eigenvalue weighted by Crippen LogP contribution is -2.41. The Morgan fingerprint density at radius 2 is 1.56 bits per heavy atom. The minimum atomic E-state index is -5.65. The van der Waals surface area contributed by atoms with Crippen LogP contribution < -0.4 is 0 Å². The van der Waals surface area contributed by atoms with Crippen LogP contribution in [0.5, 0.6) is 0 Å².